The lowest BCUT2D eigenvalue weighted by atomic mass is 10.2. The summed E-state index contributed by atoms with van der Waals surface area (Å²) in [6.07, 6.45) is 3.83. The minimum atomic E-state index is -0.158. The fourth-order valence-electron chi connectivity index (χ4n) is 2.91. The zero-order valence-electron chi connectivity index (χ0n) is 15.7. The Balaban J connectivity index is 1.34. The normalized spacial score (nSPS) is 10.9. The average Bonchev–Trinajstić information content (AvgIpc) is 3.27. The molecule has 0 radical (unpaired) electrons. The van der Waals surface area contributed by atoms with Crippen molar-refractivity contribution in [2.75, 3.05) is 0 Å². The molecule has 3 heterocycles. The van der Waals surface area contributed by atoms with Crippen LogP contribution in [0.2, 0.25) is 0 Å². The second kappa shape index (κ2) is 7.56. The van der Waals surface area contributed by atoms with Gasteiger partial charge in [-0.1, -0.05) is 11.2 Å². The van der Waals surface area contributed by atoms with E-state index in [4.69, 9.17) is 9.26 Å². The topological polar surface area (TPSA) is 81.7 Å². The average molecular weight is 376 g/mol. The van der Waals surface area contributed by atoms with E-state index in [-0.39, 0.29) is 5.91 Å². The van der Waals surface area contributed by atoms with Gasteiger partial charge in [0.15, 0.2) is 0 Å². The van der Waals surface area contributed by atoms with Gasteiger partial charge in [0.2, 0.25) is 0 Å². The molecule has 28 heavy (non-hydrogen) atoms. The Morgan fingerprint density at radius 2 is 2.00 bits per heavy atom. The number of carbonyl (C=O) groups is 1. The van der Waals surface area contributed by atoms with Crippen molar-refractivity contribution in [1.29, 1.82) is 0 Å². The molecular weight excluding hydrogens is 356 g/mol. The minimum Gasteiger partial charge on any atom is -0.489 e. The van der Waals surface area contributed by atoms with E-state index in [9.17, 15) is 4.79 Å². The second-order valence-electron chi connectivity index (χ2n) is 6.50. The number of aromatic nitrogens is 3. The molecule has 0 saturated heterocycles. The summed E-state index contributed by atoms with van der Waals surface area (Å²) in [6, 6.07) is 12.8. The van der Waals surface area contributed by atoms with Gasteiger partial charge in [0, 0.05) is 18.0 Å². The van der Waals surface area contributed by atoms with E-state index in [1.54, 1.807) is 24.3 Å². The number of hydrogen-bond donors (Lipinski definition) is 1. The van der Waals surface area contributed by atoms with Crippen molar-refractivity contribution >= 4 is 11.6 Å². The van der Waals surface area contributed by atoms with E-state index in [1.807, 2.05) is 48.8 Å². The molecule has 7 heteroatoms. The van der Waals surface area contributed by atoms with Crippen LogP contribution in [0.25, 0.3) is 5.65 Å². The number of amides is 1. The summed E-state index contributed by atoms with van der Waals surface area (Å²) in [5.74, 6) is 1.27. The van der Waals surface area contributed by atoms with Gasteiger partial charge in [0.25, 0.3) is 5.91 Å². The highest BCUT2D eigenvalue weighted by molar-refractivity contribution is 5.94. The summed E-state index contributed by atoms with van der Waals surface area (Å²) in [6.45, 7) is 4.48. The number of nitrogens with one attached hydrogen (secondary N) is 1. The fourth-order valence-corrected chi connectivity index (χ4v) is 2.91. The minimum absolute atomic E-state index is 0.158. The monoisotopic (exact) mass is 376 g/mol. The first-order valence-corrected chi connectivity index (χ1v) is 8.95. The van der Waals surface area contributed by atoms with E-state index in [0.717, 1.165) is 28.4 Å². The molecule has 142 valence electrons. The zero-order chi connectivity index (χ0) is 19.5. The number of fused-ring (bicyclic) bond motifs is 1. The van der Waals surface area contributed by atoms with Crippen molar-refractivity contribution in [3.05, 3.63) is 83.1 Å². The number of benzene rings is 1. The van der Waals surface area contributed by atoms with Crippen LogP contribution in [0, 0.1) is 13.8 Å². The van der Waals surface area contributed by atoms with Crippen molar-refractivity contribution < 1.29 is 14.1 Å². The molecule has 0 spiro atoms. The maximum absolute atomic E-state index is 12.4. The first-order valence-electron chi connectivity index (χ1n) is 8.95. The summed E-state index contributed by atoms with van der Waals surface area (Å²) in [7, 11) is 0. The summed E-state index contributed by atoms with van der Waals surface area (Å²) in [4.78, 5) is 16.8. The molecule has 0 aliphatic heterocycles. The lowest BCUT2D eigenvalue weighted by Gasteiger charge is -2.07. The predicted octanol–water partition coefficient (Wildman–Crippen LogP) is 3.45. The third kappa shape index (κ3) is 3.73. The number of pyridine rings is 1. The van der Waals surface area contributed by atoms with Crippen LogP contribution in [-0.2, 0) is 13.2 Å². The van der Waals surface area contributed by atoms with Crippen molar-refractivity contribution in [2.24, 2.45) is 0 Å². The van der Waals surface area contributed by atoms with Crippen LogP contribution in [-0.4, -0.2) is 20.4 Å². The van der Waals surface area contributed by atoms with Gasteiger partial charge in [-0.15, -0.1) is 0 Å². The van der Waals surface area contributed by atoms with Gasteiger partial charge in [-0.3, -0.25) is 4.79 Å². The molecule has 1 N–H and O–H groups in total. The summed E-state index contributed by atoms with van der Waals surface area (Å²) in [5.41, 5.74) is 3.98. The van der Waals surface area contributed by atoms with Gasteiger partial charge in [-0.25, -0.2) is 4.98 Å². The third-order valence-electron chi connectivity index (χ3n) is 4.52. The molecule has 1 aromatic carbocycles. The Morgan fingerprint density at radius 1 is 1.18 bits per heavy atom. The fraction of sp³-hybridized carbons (Fsp3) is 0.190. The number of nitrogens with zero attached hydrogens (tertiary/aromatic N) is 3. The van der Waals surface area contributed by atoms with Crippen LogP contribution in [0.5, 0.6) is 5.75 Å². The van der Waals surface area contributed by atoms with E-state index < -0.39 is 0 Å². The first-order chi connectivity index (χ1) is 13.6. The summed E-state index contributed by atoms with van der Waals surface area (Å²) >= 11 is 0. The Labute approximate surface area is 161 Å². The number of imidazole rings is 1. The standard InChI is InChI=1S/C21H20N4O3/c1-14-19(15(2)28-24-14)13-27-18-8-6-16(7-9-18)21(26)22-11-17-12-25-10-4-3-5-20(25)23-17/h3-10,12H,11,13H2,1-2H3,(H,22,26). The lowest BCUT2D eigenvalue weighted by molar-refractivity contribution is 0.0950. The molecule has 3 aromatic heterocycles. The Hall–Kier alpha value is -3.61. The molecule has 0 unspecified atom stereocenters. The first kappa shape index (κ1) is 17.8. The third-order valence-corrected chi connectivity index (χ3v) is 4.52. The quantitative estimate of drug-likeness (QED) is 0.557. The molecule has 0 aliphatic carbocycles. The van der Waals surface area contributed by atoms with Crippen molar-refractivity contribution in [2.45, 2.75) is 27.0 Å². The molecular formula is C21H20N4O3. The maximum Gasteiger partial charge on any atom is 0.251 e. The van der Waals surface area contributed by atoms with E-state index in [2.05, 4.69) is 15.5 Å². The Bertz CT molecular complexity index is 1060. The number of carbonyl (C=O) groups excluding carboxylic acids is 1. The highest BCUT2D eigenvalue weighted by Crippen LogP contribution is 2.18. The van der Waals surface area contributed by atoms with Crippen LogP contribution in [0.15, 0.2) is 59.4 Å². The second-order valence-corrected chi connectivity index (χ2v) is 6.50. The Kier molecular flexibility index (Phi) is 4.80. The molecule has 0 fully saturated rings. The maximum atomic E-state index is 12.4. The number of rotatable bonds is 6. The van der Waals surface area contributed by atoms with Crippen molar-refractivity contribution in [3.63, 3.8) is 0 Å². The SMILES string of the molecule is Cc1noc(C)c1COc1ccc(C(=O)NCc2cn3ccccc3n2)cc1. The molecule has 0 bridgehead atoms. The van der Waals surface area contributed by atoms with E-state index in [1.165, 1.54) is 0 Å². The van der Waals surface area contributed by atoms with Crippen molar-refractivity contribution in [1.82, 2.24) is 19.9 Å². The summed E-state index contributed by atoms with van der Waals surface area (Å²) in [5, 5.41) is 6.80. The van der Waals surface area contributed by atoms with Gasteiger partial charge < -0.3 is 19.0 Å². The number of aryl methyl sites for hydroxylation is 2. The van der Waals surface area contributed by atoms with E-state index in [0.29, 0.717) is 24.5 Å². The van der Waals surface area contributed by atoms with Gasteiger partial charge in [-0.2, -0.15) is 0 Å². The number of ether oxygens (including phenoxy) is 1. The zero-order valence-corrected chi connectivity index (χ0v) is 15.7. The molecule has 7 nitrogen and oxygen atoms in total. The molecule has 0 atom stereocenters. The lowest BCUT2D eigenvalue weighted by Crippen LogP contribution is -2.22. The van der Waals surface area contributed by atoms with Crippen LogP contribution in [0.1, 0.15) is 33.1 Å². The van der Waals surface area contributed by atoms with Crippen LogP contribution in [0.3, 0.4) is 0 Å². The van der Waals surface area contributed by atoms with Gasteiger partial charge >= 0.3 is 0 Å². The largest absolute Gasteiger partial charge is 0.489 e. The van der Waals surface area contributed by atoms with E-state index >= 15 is 0 Å². The molecule has 4 rings (SSSR count). The Morgan fingerprint density at radius 3 is 2.71 bits per heavy atom. The van der Waals surface area contributed by atoms with Crippen LogP contribution >= 0.6 is 0 Å². The van der Waals surface area contributed by atoms with Crippen LogP contribution in [0.4, 0.5) is 0 Å². The molecule has 1 amide bonds. The molecule has 0 aliphatic rings. The predicted molar refractivity (Wildman–Crippen MR) is 103 cm³/mol. The highest BCUT2D eigenvalue weighted by Gasteiger charge is 2.11. The molecule has 0 saturated carbocycles. The smallest absolute Gasteiger partial charge is 0.251 e. The van der Waals surface area contributed by atoms with Gasteiger partial charge in [0.1, 0.15) is 23.8 Å². The molecule has 4 aromatic rings. The highest BCUT2D eigenvalue weighted by atomic mass is 16.5. The van der Waals surface area contributed by atoms with Crippen molar-refractivity contribution in [3.8, 4) is 5.75 Å². The number of hydrogen-bond acceptors (Lipinski definition) is 5. The van der Waals surface area contributed by atoms with Crippen LogP contribution < -0.4 is 10.1 Å². The van der Waals surface area contributed by atoms with Gasteiger partial charge in [0.05, 0.1) is 23.5 Å². The summed E-state index contributed by atoms with van der Waals surface area (Å²) < 4.78 is 12.8. The van der Waals surface area contributed by atoms with Gasteiger partial charge in [-0.05, 0) is 50.2 Å².